The zero-order valence-electron chi connectivity index (χ0n) is 18.3. The van der Waals surface area contributed by atoms with Crippen LogP contribution in [0.15, 0.2) is 0 Å². The van der Waals surface area contributed by atoms with Crippen molar-refractivity contribution in [2.45, 2.75) is 85.5 Å². The van der Waals surface area contributed by atoms with E-state index in [4.69, 9.17) is 9.47 Å². The number of piperidine rings is 1. The highest BCUT2D eigenvalue weighted by Crippen LogP contribution is 2.79. The third-order valence-corrected chi connectivity index (χ3v) is 10.9. The second-order valence-electron chi connectivity index (χ2n) is 11.2. The summed E-state index contributed by atoms with van der Waals surface area (Å²) in [5, 5.41) is 71.2. The van der Waals surface area contributed by atoms with Gasteiger partial charge in [-0.2, -0.15) is 0 Å². The predicted molar refractivity (Wildman–Crippen MR) is 106 cm³/mol. The number of hydrogen-bond donors (Lipinski definition) is 6. The Bertz CT molecular complexity index is 814. The number of β-amino-alcohol motifs (C(OH)–C–C–N with tert-alkyl or cyclic N) is 1. The Balaban J connectivity index is 1.67. The Morgan fingerprint density at radius 1 is 0.935 bits per heavy atom. The van der Waals surface area contributed by atoms with E-state index in [0.29, 0.717) is 13.0 Å². The molecule has 6 fully saturated rings. The third-order valence-electron chi connectivity index (χ3n) is 10.9. The first-order valence-corrected chi connectivity index (χ1v) is 11.6. The minimum atomic E-state index is -1.95. The molecular formula is C22H35NO8. The van der Waals surface area contributed by atoms with Crippen LogP contribution < -0.4 is 0 Å². The molecule has 0 aromatic heterocycles. The molecule has 31 heavy (non-hydrogen) atoms. The van der Waals surface area contributed by atoms with Crippen molar-refractivity contribution in [3.05, 3.63) is 0 Å². The highest BCUT2D eigenvalue weighted by molar-refractivity contribution is 5.43. The smallest absolute Gasteiger partial charge is 0.129 e. The van der Waals surface area contributed by atoms with E-state index >= 15 is 0 Å². The number of aliphatic hydroxyl groups excluding tert-OH is 2. The van der Waals surface area contributed by atoms with Gasteiger partial charge in [-0.3, -0.25) is 4.90 Å². The largest absolute Gasteiger partial charge is 0.392 e. The van der Waals surface area contributed by atoms with Gasteiger partial charge in [0, 0.05) is 56.8 Å². The van der Waals surface area contributed by atoms with Crippen LogP contribution in [0.25, 0.3) is 0 Å². The van der Waals surface area contributed by atoms with Gasteiger partial charge in [-0.25, -0.2) is 0 Å². The zero-order chi connectivity index (χ0) is 22.4. The summed E-state index contributed by atoms with van der Waals surface area (Å²) in [4.78, 5) is 1.90. The van der Waals surface area contributed by atoms with Gasteiger partial charge in [-0.1, -0.05) is 6.92 Å². The lowest BCUT2D eigenvalue weighted by Gasteiger charge is -2.71. The van der Waals surface area contributed by atoms with Crippen molar-refractivity contribution in [1.29, 1.82) is 0 Å². The number of methoxy groups -OCH3 is 2. The summed E-state index contributed by atoms with van der Waals surface area (Å²) in [7, 11) is 3.06. The standard InChI is InChI=1S/C22H35NO8/c1-4-23-9-18(26)13-8-19(27)17(23)21(13,15(25)6-14(18)24)12-5-10-11(30-2)7-20(19,28)22(12,29)16(10)31-3/h10-17,24-29H,4-9H2,1-3H3/t10?,11-,12?,13+,14?,15?,16?,17?,18+,19-,20?,21?,22-/m0/s1. The molecule has 0 radical (unpaired) electrons. The lowest BCUT2D eigenvalue weighted by Crippen LogP contribution is -2.88. The van der Waals surface area contributed by atoms with E-state index in [0.717, 1.165) is 0 Å². The van der Waals surface area contributed by atoms with Crippen molar-refractivity contribution in [3.63, 3.8) is 0 Å². The quantitative estimate of drug-likeness (QED) is 0.288. The van der Waals surface area contributed by atoms with E-state index in [2.05, 4.69) is 0 Å². The summed E-state index contributed by atoms with van der Waals surface area (Å²) in [6.07, 6.45) is -2.93. The van der Waals surface area contributed by atoms with Crippen LogP contribution in [-0.2, 0) is 9.47 Å². The van der Waals surface area contributed by atoms with Crippen LogP contribution in [0.3, 0.4) is 0 Å². The second kappa shape index (κ2) is 5.82. The first kappa shape index (κ1) is 21.2. The van der Waals surface area contributed by atoms with E-state index in [-0.39, 0.29) is 31.7 Å². The fourth-order valence-corrected chi connectivity index (χ4v) is 9.98. The molecular weight excluding hydrogens is 406 g/mol. The molecule has 6 N–H and O–H groups in total. The highest BCUT2D eigenvalue weighted by Gasteiger charge is 2.93. The summed E-state index contributed by atoms with van der Waals surface area (Å²) in [6.45, 7) is 2.53. The molecule has 1 saturated heterocycles. The average Bonchev–Trinajstić information content (AvgIpc) is 3.11. The number of nitrogens with zero attached hydrogens (tertiary/aromatic N) is 1. The molecule has 176 valence electrons. The first-order chi connectivity index (χ1) is 14.5. The Morgan fingerprint density at radius 3 is 2.26 bits per heavy atom. The van der Waals surface area contributed by atoms with Gasteiger partial charge in [-0.15, -0.1) is 0 Å². The Labute approximate surface area is 181 Å². The molecule has 5 aliphatic carbocycles. The van der Waals surface area contributed by atoms with Crippen molar-refractivity contribution in [2.24, 2.45) is 23.2 Å². The molecule has 7 bridgehead atoms. The molecule has 9 nitrogen and oxygen atoms in total. The van der Waals surface area contributed by atoms with Gasteiger partial charge in [0.05, 0.1) is 30.5 Å². The summed E-state index contributed by atoms with van der Waals surface area (Å²) < 4.78 is 11.5. The van der Waals surface area contributed by atoms with Crippen molar-refractivity contribution in [2.75, 3.05) is 27.3 Å². The molecule has 9 heteroatoms. The fourth-order valence-electron chi connectivity index (χ4n) is 9.98. The molecule has 13 atom stereocenters. The molecule has 1 spiro atoms. The number of rotatable bonds is 3. The van der Waals surface area contributed by atoms with E-state index in [1.54, 1.807) is 7.11 Å². The second-order valence-corrected chi connectivity index (χ2v) is 11.2. The van der Waals surface area contributed by atoms with Crippen molar-refractivity contribution in [1.82, 2.24) is 4.90 Å². The van der Waals surface area contributed by atoms with Crippen LogP contribution in [0.1, 0.15) is 32.6 Å². The van der Waals surface area contributed by atoms with Crippen LogP contribution in [0.2, 0.25) is 0 Å². The van der Waals surface area contributed by atoms with Crippen LogP contribution in [-0.4, -0.2) is 116 Å². The van der Waals surface area contributed by atoms with Crippen molar-refractivity contribution < 1.29 is 40.1 Å². The maximum atomic E-state index is 12.4. The van der Waals surface area contributed by atoms with Crippen LogP contribution in [0.5, 0.6) is 0 Å². The van der Waals surface area contributed by atoms with E-state index < -0.39 is 70.1 Å². The fraction of sp³-hybridized carbons (Fsp3) is 1.00. The Morgan fingerprint density at radius 2 is 1.65 bits per heavy atom. The van der Waals surface area contributed by atoms with Gasteiger partial charge in [0.1, 0.15) is 22.4 Å². The molecule has 0 aromatic rings. The normalized spacial score (nSPS) is 66.5. The minimum absolute atomic E-state index is 0.00830. The molecule has 6 aliphatic rings. The monoisotopic (exact) mass is 441 g/mol. The van der Waals surface area contributed by atoms with E-state index in [9.17, 15) is 30.6 Å². The third kappa shape index (κ3) is 1.78. The van der Waals surface area contributed by atoms with Gasteiger partial charge < -0.3 is 40.1 Å². The maximum Gasteiger partial charge on any atom is 0.129 e. The molecule has 5 saturated carbocycles. The number of ether oxygens (including phenoxy) is 2. The molecule has 1 aliphatic heterocycles. The van der Waals surface area contributed by atoms with Gasteiger partial charge in [-0.05, 0) is 19.4 Å². The number of likely N-dealkylation sites (N-methyl/N-ethyl adjacent to an activating group) is 1. The van der Waals surface area contributed by atoms with Gasteiger partial charge >= 0.3 is 0 Å². The van der Waals surface area contributed by atoms with E-state index in [1.165, 1.54) is 7.11 Å². The lowest BCUT2D eigenvalue weighted by atomic mass is 9.43. The Kier molecular flexibility index (Phi) is 3.98. The van der Waals surface area contributed by atoms with Crippen LogP contribution >= 0.6 is 0 Å². The topological polar surface area (TPSA) is 143 Å². The predicted octanol–water partition coefficient (Wildman–Crippen LogP) is -2.17. The summed E-state index contributed by atoms with van der Waals surface area (Å²) >= 11 is 0. The average molecular weight is 442 g/mol. The van der Waals surface area contributed by atoms with E-state index in [1.807, 2.05) is 11.8 Å². The van der Waals surface area contributed by atoms with Crippen LogP contribution in [0.4, 0.5) is 0 Å². The Hall–Kier alpha value is -0.360. The van der Waals surface area contributed by atoms with Crippen LogP contribution in [0, 0.1) is 23.2 Å². The number of likely N-dealkylation sites (tertiary alicyclic amines) is 1. The summed E-state index contributed by atoms with van der Waals surface area (Å²) in [6, 6.07) is -0.653. The molecule has 0 amide bonds. The highest BCUT2D eigenvalue weighted by atomic mass is 16.5. The SMILES string of the molecule is CCN1C[C@]2(O)C(O)CC(O)C34C5CC6C(OC)[C@]5(O)C(O)(C[C@@H]6OC)[C@](O)(C[C@@H]32)C14. The number of fused-ring (bicyclic) bond motifs is 2. The first-order valence-electron chi connectivity index (χ1n) is 11.6. The number of hydrogen-bond acceptors (Lipinski definition) is 9. The van der Waals surface area contributed by atoms with Crippen molar-refractivity contribution >= 4 is 0 Å². The van der Waals surface area contributed by atoms with Gasteiger partial charge in [0.15, 0.2) is 0 Å². The maximum absolute atomic E-state index is 12.4. The molecule has 1 heterocycles. The molecule has 6 rings (SSSR count). The molecule has 8 unspecified atom stereocenters. The van der Waals surface area contributed by atoms with Crippen molar-refractivity contribution in [3.8, 4) is 0 Å². The van der Waals surface area contributed by atoms with Gasteiger partial charge in [0.2, 0.25) is 0 Å². The van der Waals surface area contributed by atoms with Gasteiger partial charge in [0.25, 0.3) is 0 Å². The number of aliphatic hydroxyl groups is 6. The summed E-state index contributed by atoms with van der Waals surface area (Å²) in [5.41, 5.74) is -8.18. The zero-order valence-corrected chi connectivity index (χ0v) is 18.3. The summed E-state index contributed by atoms with van der Waals surface area (Å²) in [5.74, 6) is -1.50. The molecule has 0 aromatic carbocycles. The lowest BCUT2D eigenvalue weighted by molar-refractivity contribution is -0.373. The minimum Gasteiger partial charge on any atom is -0.392 e.